The van der Waals surface area contributed by atoms with Crippen LogP contribution in [0.1, 0.15) is 47.8 Å². The number of carbonyl (C=O) groups excluding carboxylic acids is 1. The lowest BCUT2D eigenvalue weighted by Gasteiger charge is -2.09. The molecule has 2 rings (SSSR count). The third-order valence-corrected chi connectivity index (χ3v) is 4.64. The average molecular weight is 349 g/mol. The Morgan fingerprint density at radius 3 is 2.58 bits per heavy atom. The minimum Gasteiger partial charge on any atom is -0.349 e. The van der Waals surface area contributed by atoms with E-state index in [9.17, 15) is 10.1 Å². The summed E-state index contributed by atoms with van der Waals surface area (Å²) in [5.41, 5.74) is 6.11. The first-order valence-corrected chi connectivity index (χ1v) is 9.04. The fourth-order valence-corrected chi connectivity index (χ4v) is 3.08. The number of amides is 1. The van der Waals surface area contributed by atoms with Crippen molar-refractivity contribution in [1.82, 2.24) is 4.57 Å². The van der Waals surface area contributed by atoms with Gasteiger partial charge in [-0.2, -0.15) is 5.26 Å². The fraction of sp³-hybridized carbons (Fsp3) is 0.364. The first kappa shape index (κ1) is 19.5. The van der Waals surface area contributed by atoms with Crippen LogP contribution in [0.3, 0.4) is 0 Å². The van der Waals surface area contributed by atoms with Gasteiger partial charge in [-0.25, -0.2) is 0 Å². The molecule has 4 nitrogen and oxygen atoms in total. The summed E-state index contributed by atoms with van der Waals surface area (Å²) in [4.78, 5) is 12.6. The maximum atomic E-state index is 12.6. The maximum absolute atomic E-state index is 12.6. The predicted octanol–water partition coefficient (Wildman–Crippen LogP) is 5.07. The van der Waals surface area contributed by atoms with Crippen LogP contribution in [0.4, 0.5) is 5.69 Å². The van der Waals surface area contributed by atoms with E-state index in [1.165, 1.54) is 0 Å². The molecule has 0 unspecified atom stereocenters. The van der Waals surface area contributed by atoms with Crippen LogP contribution in [0.15, 0.2) is 29.8 Å². The van der Waals surface area contributed by atoms with Gasteiger partial charge in [-0.15, -0.1) is 0 Å². The van der Waals surface area contributed by atoms with Gasteiger partial charge in [-0.3, -0.25) is 4.79 Å². The van der Waals surface area contributed by atoms with Gasteiger partial charge in [0.05, 0.1) is 0 Å². The molecule has 136 valence electrons. The lowest BCUT2D eigenvalue weighted by molar-refractivity contribution is -0.112. The number of hydrogen-bond acceptors (Lipinski definition) is 2. The molecule has 1 heterocycles. The standard InChI is InChI=1S/C22H27N3O/c1-6-7-10-25-17(4)12-19(18(25)5)13-20(14-23)22(26)24-21-9-8-15(2)11-16(21)3/h8-9,11-13H,6-7,10H2,1-5H3,(H,24,26)/b20-13+. The van der Waals surface area contributed by atoms with E-state index < -0.39 is 0 Å². The number of nitrogens with zero attached hydrogens (tertiary/aromatic N) is 2. The molecule has 0 saturated heterocycles. The first-order chi connectivity index (χ1) is 12.4. The van der Waals surface area contributed by atoms with Crippen molar-refractivity contribution in [2.75, 3.05) is 5.32 Å². The molecule has 0 spiro atoms. The average Bonchev–Trinajstić information content (AvgIpc) is 2.86. The van der Waals surface area contributed by atoms with Gasteiger partial charge in [0.25, 0.3) is 5.91 Å². The maximum Gasteiger partial charge on any atom is 0.266 e. The van der Waals surface area contributed by atoms with E-state index in [-0.39, 0.29) is 11.5 Å². The molecule has 0 fully saturated rings. The Morgan fingerprint density at radius 2 is 1.96 bits per heavy atom. The van der Waals surface area contributed by atoms with E-state index in [0.29, 0.717) is 0 Å². The van der Waals surface area contributed by atoms with Crippen LogP contribution < -0.4 is 5.32 Å². The van der Waals surface area contributed by atoms with E-state index in [4.69, 9.17) is 0 Å². The summed E-state index contributed by atoms with van der Waals surface area (Å²) >= 11 is 0. The van der Waals surface area contributed by atoms with Gasteiger partial charge < -0.3 is 9.88 Å². The van der Waals surface area contributed by atoms with Crippen LogP contribution >= 0.6 is 0 Å². The Bertz CT molecular complexity index is 882. The molecule has 1 aromatic heterocycles. The molecule has 1 amide bonds. The fourth-order valence-electron chi connectivity index (χ4n) is 3.08. The van der Waals surface area contributed by atoms with Crippen LogP contribution in [-0.2, 0) is 11.3 Å². The number of benzene rings is 1. The molecule has 2 aromatic rings. The monoisotopic (exact) mass is 349 g/mol. The summed E-state index contributed by atoms with van der Waals surface area (Å²) in [6, 6.07) is 9.89. The van der Waals surface area contributed by atoms with Gasteiger partial charge in [-0.05, 0) is 63.5 Å². The number of aromatic nitrogens is 1. The molecule has 0 aliphatic rings. The number of nitriles is 1. The van der Waals surface area contributed by atoms with Gasteiger partial charge in [0.2, 0.25) is 0 Å². The summed E-state index contributed by atoms with van der Waals surface area (Å²) in [7, 11) is 0. The molecule has 1 N–H and O–H groups in total. The van der Waals surface area contributed by atoms with E-state index in [1.54, 1.807) is 6.08 Å². The Morgan fingerprint density at radius 1 is 1.23 bits per heavy atom. The lowest BCUT2D eigenvalue weighted by atomic mass is 10.1. The topological polar surface area (TPSA) is 57.8 Å². The zero-order valence-corrected chi connectivity index (χ0v) is 16.3. The van der Waals surface area contributed by atoms with E-state index in [2.05, 4.69) is 23.7 Å². The van der Waals surface area contributed by atoms with Crippen LogP contribution in [0.2, 0.25) is 0 Å². The van der Waals surface area contributed by atoms with E-state index in [1.807, 2.05) is 51.1 Å². The molecule has 0 bridgehead atoms. The minimum atomic E-state index is -0.377. The van der Waals surface area contributed by atoms with Crippen molar-refractivity contribution in [1.29, 1.82) is 5.26 Å². The summed E-state index contributed by atoms with van der Waals surface area (Å²) in [6.45, 7) is 11.2. The summed E-state index contributed by atoms with van der Waals surface area (Å²) in [5.74, 6) is -0.377. The summed E-state index contributed by atoms with van der Waals surface area (Å²) in [6.07, 6.45) is 3.92. The van der Waals surface area contributed by atoms with Crippen LogP contribution in [0.25, 0.3) is 6.08 Å². The third kappa shape index (κ3) is 4.43. The van der Waals surface area contributed by atoms with Gasteiger partial charge in [0.1, 0.15) is 11.6 Å². The summed E-state index contributed by atoms with van der Waals surface area (Å²) in [5, 5.41) is 12.3. The van der Waals surface area contributed by atoms with Gasteiger partial charge in [0.15, 0.2) is 0 Å². The number of rotatable bonds is 6. The molecule has 0 saturated carbocycles. The molecular weight excluding hydrogens is 322 g/mol. The number of unbranched alkanes of at least 4 members (excludes halogenated alkanes) is 1. The molecular formula is C22H27N3O. The molecule has 0 aliphatic heterocycles. The number of hydrogen-bond donors (Lipinski definition) is 1. The Labute approximate surface area is 156 Å². The number of carbonyl (C=O) groups is 1. The van der Waals surface area contributed by atoms with E-state index >= 15 is 0 Å². The van der Waals surface area contributed by atoms with Crippen LogP contribution in [0, 0.1) is 39.0 Å². The van der Waals surface area contributed by atoms with Gasteiger partial charge >= 0.3 is 0 Å². The second-order valence-electron chi connectivity index (χ2n) is 6.77. The second kappa shape index (κ2) is 8.53. The highest BCUT2D eigenvalue weighted by Crippen LogP contribution is 2.21. The smallest absolute Gasteiger partial charge is 0.266 e. The highest BCUT2D eigenvalue weighted by molar-refractivity contribution is 6.10. The second-order valence-corrected chi connectivity index (χ2v) is 6.77. The molecule has 0 radical (unpaired) electrons. The highest BCUT2D eigenvalue weighted by Gasteiger charge is 2.14. The van der Waals surface area contributed by atoms with Gasteiger partial charge in [0, 0.05) is 23.6 Å². The zero-order valence-electron chi connectivity index (χ0n) is 16.3. The highest BCUT2D eigenvalue weighted by atomic mass is 16.1. The lowest BCUT2D eigenvalue weighted by Crippen LogP contribution is -2.14. The Hall–Kier alpha value is -2.80. The molecule has 0 aliphatic carbocycles. The van der Waals surface area contributed by atoms with Crippen molar-refractivity contribution < 1.29 is 4.79 Å². The normalized spacial score (nSPS) is 11.3. The minimum absolute atomic E-state index is 0.112. The predicted molar refractivity (Wildman–Crippen MR) is 107 cm³/mol. The summed E-state index contributed by atoms with van der Waals surface area (Å²) < 4.78 is 2.24. The van der Waals surface area contributed by atoms with E-state index in [0.717, 1.165) is 53.2 Å². The van der Waals surface area contributed by atoms with Gasteiger partial charge in [-0.1, -0.05) is 31.0 Å². The third-order valence-electron chi connectivity index (χ3n) is 4.64. The quantitative estimate of drug-likeness (QED) is 0.585. The largest absolute Gasteiger partial charge is 0.349 e. The van der Waals surface area contributed by atoms with Crippen molar-refractivity contribution in [3.8, 4) is 6.07 Å². The number of anilines is 1. The van der Waals surface area contributed by atoms with Crippen molar-refractivity contribution in [2.24, 2.45) is 0 Å². The van der Waals surface area contributed by atoms with Crippen LogP contribution in [0.5, 0.6) is 0 Å². The molecule has 26 heavy (non-hydrogen) atoms. The molecule has 4 heteroatoms. The first-order valence-electron chi connectivity index (χ1n) is 9.04. The Balaban J connectivity index is 2.27. The Kier molecular flexibility index (Phi) is 6.41. The molecule has 0 atom stereocenters. The zero-order chi connectivity index (χ0) is 19.3. The number of nitrogens with one attached hydrogen (secondary N) is 1. The van der Waals surface area contributed by atoms with Crippen molar-refractivity contribution in [3.63, 3.8) is 0 Å². The number of aryl methyl sites for hydroxylation is 3. The van der Waals surface area contributed by atoms with Crippen molar-refractivity contribution >= 4 is 17.7 Å². The van der Waals surface area contributed by atoms with Crippen LogP contribution in [-0.4, -0.2) is 10.5 Å². The van der Waals surface area contributed by atoms with Crippen molar-refractivity contribution in [3.05, 3.63) is 57.9 Å². The molecule has 1 aromatic carbocycles. The SMILES string of the molecule is CCCCn1c(C)cc(/C=C(\C#N)C(=O)Nc2ccc(C)cc2C)c1C. The van der Waals surface area contributed by atoms with Crippen molar-refractivity contribution in [2.45, 2.75) is 54.0 Å².